The van der Waals surface area contributed by atoms with Crippen molar-refractivity contribution in [2.45, 2.75) is 127 Å². The van der Waals surface area contributed by atoms with Crippen LogP contribution in [0.25, 0.3) is 30.3 Å². The third-order valence-corrected chi connectivity index (χ3v) is 16.9. The second-order valence-electron chi connectivity index (χ2n) is 23.6. The molecule has 27 nitrogen and oxygen atoms in total. The molecule has 0 saturated carbocycles. The number of carboxylic acid groups (broad SMARTS) is 1. The molecule has 576 valence electrons. The Morgan fingerprint density at radius 1 is 0.548 bits per heavy atom. The van der Waals surface area contributed by atoms with E-state index in [1.165, 1.54) is 82.2 Å². The zero-order chi connectivity index (χ0) is 79.7. The molecule has 0 radical (unpaired) electrons. The number of nitrogens with one attached hydrogen (secondary N) is 2. The zero-order valence-electron chi connectivity index (χ0n) is 60.9. The Bertz CT molecular complexity index is 3910. The van der Waals surface area contributed by atoms with Crippen molar-refractivity contribution < 1.29 is 95.6 Å². The number of hydrogen-bond acceptors (Lipinski definition) is 28. The van der Waals surface area contributed by atoms with Gasteiger partial charge in [-0.25, -0.2) is 43.9 Å². The van der Waals surface area contributed by atoms with E-state index in [0.29, 0.717) is 38.1 Å². The summed E-state index contributed by atoms with van der Waals surface area (Å²) in [7, 11) is 7.11. The third kappa shape index (κ3) is 33.4. The first-order chi connectivity index (χ1) is 48.5. The van der Waals surface area contributed by atoms with Gasteiger partial charge in [-0.05, 0) is 141 Å². The lowest BCUT2D eigenvalue weighted by atomic mass is 10.2. The number of methoxy groups -OCH3 is 2. The number of nitrogens with zero attached hydrogens (tertiary/aromatic N) is 4. The Kier molecular flexibility index (Phi) is 42.5. The Morgan fingerprint density at radius 2 is 0.894 bits per heavy atom. The van der Waals surface area contributed by atoms with Crippen molar-refractivity contribution in [1.29, 1.82) is 0 Å². The molecular weight excluding hydrogens is 1610 g/mol. The molecule has 1 aliphatic heterocycles. The highest BCUT2D eigenvalue weighted by Crippen LogP contribution is 2.44. The molecule has 0 atom stereocenters. The number of alkyl halides is 1. The Morgan fingerprint density at radius 3 is 1.17 bits per heavy atom. The summed E-state index contributed by atoms with van der Waals surface area (Å²) in [6.07, 6.45) is 2.56. The molecule has 0 spiro atoms. The number of nitrogens with two attached hydrogens (primary N) is 1. The third-order valence-electron chi connectivity index (χ3n) is 11.5. The maximum absolute atomic E-state index is 12.1. The number of rotatable bonds is 16. The first-order valence-corrected chi connectivity index (χ1v) is 37.1. The second kappa shape index (κ2) is 46.4. The number of thiophene rings is 3. The van der Waals surface area contributed by atoms with Gasteiger partial charge in [-0.2, -0.15) is 12.6 Å². The van der Waals surface area contributed by atoms with Gasteiger partial charge in [0.05, 0.1) is 47.8 Å². The van der Waals surface area contributed by atoms with E-state index in [1.807, 2.05) is 33.8 Å². The van der Waals surface area contributed by atoms with Crippen LogP contribution >= 0.6 is 121 Å². The highest BCUT2D eigenvalue weighted by atomic mass is 79.9. The number of fused-ring (bicyclic) bond motifs is 3. The number of carbonyl (C=O) groups excluding carboxylic acids is 8. The van der Waals surface area contributed by atoms with Crippen molar-refractivity contribution in [1.82, 2.24) is 30.6 Å². The zero-order valence-corrected chi connectivity index (χ0v) is 69.6. The van der Waals surface area contributed by atoms with Crippen LogP contribution in [0.1, 0.15) is 144 Å². The van der Waals surface area contributed by atoms with E-state index >= 15 is 0 Å². The van der Waals surface area contributed by atoms with Gasteiger partial charge in [0.15, 0.2) is 41.9 Å². The molecule has 0 aliphatic carbocycles. The highest BCUT2D eigenvalue weighted by molar-refractivity contribution is 9.09. The van der Waals surface area contributed by atoms with Crippen LogP contribution in [-0.2, 0) is 57.1 Å². The molecule has 1 aliphatic rings. The number of ether oxygens (including phenoxy) is 10. The molecule has 1 fully saturated rings. The van der Waals surface area contributed by atoms with E-state index in [9.17, 15) is 43.2 Å². The molecule has 0 bridgehead atoms. The molecular formula is C67H87BrCl5N7O20S4. The smallest absolute Gasteiger partial charge is 0.351 e. The van der Waals surface area contributed by atoms with Crippen LogP contribution < -0.4 is 30.6 Å². The summed E-state index contributed by atoms with van der Waals surface area (Å²) in [6, 6.07) is 6.95. The maximum atomic E-state index is 12.1. The highest BCUT2D eigenvalue weighted by Gasteiger charge is 2.28. The number of carboxylic acids is 1. The fraction of sp³-hybridized carbons (Fsp3) is 0.478. The van der Waals surface area contributed by atoms with Gasteiger partial charge in [0.25, 0.3) is 11.8 Å². The molecule has 7 aromatic rings. The Labute approximate surface area is 654 Å². The minimum atomic E-state index is -1.14. The Balaban J connectivity index is 0.000000638. The number of esters is 6. The minimum Gasteiger partial charge on any atom is -0.479 e. The molecule has 104 heavy (non-hydrogen) atoms. The summed E-state index contributed by atoms with van der Waals surface area (Å²) in [5.74, 6) is -3.76. The van der Waals surface area contributed by atoms with E-state index < -0.39 is 47.7 Å². The number of aromatic nitrogens is 4. The average Bonchev–Trinajstić information content (AvgIpc) is 1.64. The fourth-order valence-electron chi connectivity index (χ4n) is 7.72. The van der Waals surface area contributed by atoms with Crippen LogP contribution in [0.2, 0.25) is 25.6 Å². The second-order valence-corrected chi connectivity index (χ2v) is 29.4. The Hall–Kier alpha value is -6.69. The normalized spacial score (nSPS) is 11.3. The van der Waals surface area contributed by atoms with Crippen molar-refractivity contribution >= 4 is 204 Å². The SMILES string of the molecule is C1CCOC1.CC(C)(C)OC(=O)CBr.CCOC(=O)c1c(Cl)cc(C)nc1Cl.CN.CNC(=O)c1sc2cc(C)nc(Cl)c2c1OCC(=O)O.CNC(=O)c1sc2cc(C)nc(Cl)c2c1OCC(=O)OC(C)(C)C.COC(=O)CS.COC(=O)c1sc2cc(C)nc(Cl)c2c1OCC(=O)OC(C)(C)C. The van der Waals surface area contributed by atoms with Crippen molar-refractivity contribution in [2.24, 2.45) is 5.73 Å². The van der Waals surface area contributed by atoms with Crippen molar-refractivity contribution in [3.63, 3.8) is 0 Å². The number of thiol groups is 1. The first-order valence-electron chi connectivity index (χ1n) is 31.0. The number of hydrogen-bond donors (Lipinski definition) is 5. The van der Waals surface area contributed by atoms with Gasteiger partial charge in [0.2, 0.25) is 0 Å². The predicted octanol–water partition coefficient (Wildman–Crippen LogP) is 14.2. The minimum absolute atomic E-state index is 0.0773. The number of halogens is 6. The summed E-state index contributed by atoms with van der Waals surface area (Å²) in [4.78, 5) is 119. The van der Waals surface area contributed by atoms with E-state index in [-0.39, 0.29) is 118 Å². The van der Waals surface area contributed by atoms with Crippen LogP contribution in [0, 0.1) is 27.7 Å². The number of amides is 2. The standard InChI is InChI=1S/C16H19ClN2O4S.C16H18ClNO5S.C12H11ClN2O4S.C9H9Cl2NO2.C6H11BrO2.C4H8O.C3H6O2S.CH5N/c1-8-6-9-11(14(17)19-8)12(13(24-9)15(21)18-5)22-7-10(20)23-16(2,3)4;1-8-6-9-11(14(17)18-8)12(13(24-9)15(20)21-5)22-7-10(19)23-16(2,3)4;1-5-3-6-8(11(13)15-5)9(19-4-7(16)17)10(20-6)12(18)14-2;1-3-14-9(13)7-6(10)4-5(2)12-8(7)11;1-6(2,3)9-5(8)4-7;1-2-4-5-3-1;1-5-3(4)2-6;1-2/h6H,7H2,1-5H3,(H,18,21);6H,7H2,1-5H3;3H,4H2,1-2H3,(H,14,18)(H,16,17);4H,3H2,1-2H3;4H2,1-3H3;1-4H2;6H,2H2,1H3;2H2,1H3. The quantitative estimate of drug-likeness (QED) is 0.0197. The van der Waals surface area contributed by atoms with Crippen molar-refractivity contribution in [3.05, 3.63) is 92.9 Å². The van der Waals surface area contributed by atoms with Gasteiger partial charge in [-0.1, -0.05) is 73.9 Å². The summed E-state index contributed by atoms with van der Waals surface area (Å²) in [5, 5.41) is 16.5. The number of carbonyl (C=O) groups is 9. The topological polar surface area (TPSA) is 368 Å². The van der Waals surface area contributed by atoms with Crippen molar-refractivity contribution in [3.8, 4) is 17.2 Å². The average molecular weight is 1700 g/mol. The van der Waals surface area contributed by atoms with E-state index in [0.717, 1.165) is 33.0 Å². The monoisotopic (exact) mass is 1690 g/mol. The van der Waals surface area contributed by atoms with Gasteiger partial charge in [0.1, 0.15) is 58.1 Å². The van der Waals surface area contributed by atoms with Gasteiger partial charge in [-0.15, -0.1) is 34.0 Å². The van der Waals surface area contributed by atoms with Gasteiger partial charge < -0.3 is 68.8 Å². The van der Waals surface area contributed by atoms with Crippen molar-refractivity contribution in [2.75, 3.05) is 86.1 Å². The molecule has 7 aromatic heterocycles. The molecule has 2 amide bonds. The molecule has 8 rings (SSSR count). The van der Waals surface area contributed by atoms with E-state index in [4.69, 9.17) is 106 Å². The van der Waals surface area contributed by atoms with E-state index in [2.05, 4.69) is 69.6 Å². The molecule has 5 N–H and O–H groups in total. The fourth-order valence-corrected chi connectivity index (χ4v) is 13.3. The van der Waals surface area contributed by atoms with E-state index in [1.54, 1.807) is 87.4 Å². The van der Waals surface area contributed by atoms with Crippen LogP contribution in [0.5, 0.6) is 17.2 Å². The van der Waals surface area contributed by atoms with Gasteiger partial charge in [0, 0.05) is 64.2 Å². The van der Waals surface area contributed by atoms with Crippen LogP contribution in [0.4, 0.5) is 0 Å². The summed E-state index contributed by atoms with van der Waals surface area (Å²) < 4.78 is 52.6. The van der Waals surface area contributed by atoms with Gasteiger partial charge >= 0.3 is 41.8 Å². The summed E-state index contributed by atoms with van der Waals surface area (Å²) in [6.45, 7) is 26.0. The predicted molar refractivity (Wildman–Crippen MR) is 413 cm³/mol. The van der Waals surface area contributed by atoms with Crippen LogP contribution in [0.3, 0.4) is 0 Å². The molecule has 0 aromatic carbocycles. The van der Waals surface area contributed by atoms with Crippen LogP contribution in [-0.4, -0.2) is 182 Å². The number of aryl methyl sites for hydroxylation is 4. The maximum Gasteiger partial charge on any atom is 0.351 e. The number of aliphatic carboxylic acids is 1. The first kappa shape index (κ1) is 95.3. The molecule has 0 unspecified atom stereocenters. The van der Waals surface area contributed by atoms with Gasteiger partial charge in [-0.3, -0.25) is 19.2 Å². The lowest BCUT2D eigenvalue weighted by molar-refractivity contribution is -0.158. The molecule has 8 heterocycles. The lowest BCUT2D eigenvalue weighted by Gasteiger charge is -2.19. The largest absolute Gasteiger partial charge is 0.479 e. The summed E-state index contributed by atoms with van der Waals surface area (Å²) in [5.41, 5.74) is 5.84. The van der Waals surface area contributed by atoms with Crippen LogP contribution in [0.15, 0.2) is 24.3 Å². The number of pyridine rings is 4. The summed E-state index contributed by atoms with van der Waals surface area (Å²) >= 11 is 40.3. The lowest BCUT2D eigenvalue weighted by Crippen LogP contribution is -2.27. The molecule has 37 heteroatoms. The molecule has 1 saturated heterocycles.